The van der Waals surface area contributed by atoms with Crippen LogP contribution in [0.4, 0.5) is 15.8 Å². The van der Waals surface area contributed by atoms with Gasteiger partial charge in [0.25, 0.3) is 5.91 Å². The maximum absolute atomic E-state index is 13.4. The summed E-state index contributed by atoms with van der Waals surface area (Å²) < 4.78 is 19.0. The first kappa shape index (κ1) is 22.9. The van der Waals surface area contributed by atoms with Gasteiger partial charge in [0.05, 0.1) is 5.02 Å². The molecule has 0 radical (unpaired) electrons. The lowest BCUT2D eigenvalue weighted by Gasteiger charge is -2.36. The summed E-state index contributed by atoms with van der Waals surface area (Å²) in [7, 11) is 0. The molecule has 1 aromatic heterocycles. The van der Waals surface area contributed by atoms with Crippen molar-refractivity contribution >= 4 is 34.8 Å². The van der Waals surface area contributed by atoms with E-state index in [9.17, 15) is 14.0 Å². The minimum absolute atomic E-state index is 0.0102. The molecule has 33 heavy (non-hydrogen) atoms. The largest absolute Gasteiger partial charge is 0.451 e. The van der Waals surface area contributed by atoms with E-state index in [0.717, 1.165) is 38.3 Å². The Bertz CT molecular complexity index is 1140. The van der Waals surface area contributed by atoms with E-state index < -0.39 is 5.82 Å². The highest BCUT2D eigenvalue weighted by Crippen LogP contribution is 2.27. The maximum atomic E-state index is 13.4. The zero-order chi connectivity index (χ0) is 23.4. The van der Waals surface area contributed by atoms with Crippen molar-refractivity contribution in [1.29, 1.82) is 0 Å². The molecule has 1 N–H and O–H groups in total. The first-order valence-electron chi connectivity index (χ1n) is 10.9. The lowest BCUT2D eigenvalue weighted by atomic mass is 10.2. The van der Waals surface area contributed by atoms with Crippen molar-refractivity contribution in [2.45, 2.75) is 19.8 Å². The van der Waals surface area contributed by atoms with Crippen LogP contribution in [-0.4, -0.2) is 42.9 Å². The molecule has 1 fully saturated rings. The standard InChI is InChI=1S/C25H25ClFN3O3/c1-2-3-24(31)30-14-12-29(13-15-30)19-7-5-18(6-8-19)28-25(32)23-11-10-22(33-23)17-4-9-21(27)20(26)16-17/h4-11,16H,2-3,12-15H2,1H3,(H,28,32). The molecule has 0 unspecified atom stereocenters. The van der Waals surface area contributed by atoms with E-state index in [0.29, 0.717) is 23.4 Å². The predicted octanol–water partition coefficient (Wildman–Crippen LogP) is 5.44. The molecule has 8 heteroatoms. The molecule has 1 aliphatic heterocycles. The molecule has 2 aromatic carbocycles. The van der Waals surface area contributed by atoms with Gasteiger partial charge in [0.2, 0.25) is 5.91 Å². The molecular weight excluding hydrogens is 445 g/mol. The van der Waals surface area contributed by atoms with E-state index in [4.69, 9.17) is 16.0 Å². The average molecular weight is 470 g/mol. The monoisotopic (exact) mass is 469 g/mol. The number of hydrogen-bond donors (Lipinski definition) is 1. The molecule has 172 valence electrons. The molecule has 0 bridgehead atoms. The molecule has 0 saturated carbocycles. The second-order valence-electron chi connectivity index (χ2n) is 7.91. The van der Waals surface area contributed by atoms with Gasteiger partial charge in [0.15, 0.2) is 5.76 Å². The molecular formula is C25H25ClFN3O3. The van der Waals surface area contributed by atoms with Crippen LogP contribution in [-0.2, 0) is 4.79 Å². The molecule has 2 heterocycles. The van der Waals surface area contributed by atoms with Crippen molar-refractivity contribution in [3.05, 3.63) is 71.2 Å². The highest BCUT2D eigenvalue weighted by atomic mass is 35.5. The van der Waals surface area contributed by atoms with E-state index in [-0.39, 0.29) is 22.6 Å². The number of anilines is 2. The van der Waals surface area contributed by atoms with E-state index in [1.54, 1.807) is 18.2 Å². The molecule has 0 atom stereocenters. The number of carbonyl (C=O) groups excluding carboxylic acids is 2. The zero-order valence-corrected chi connectivity index (χ0v) is 19.1. The Labute approximate surface area is 196 Å². The normalized spacial score (nSPS) is 13.8. The van der Waals surface area contributed by atoms with E-state index in [1.807, 2.05) is 36.1 Å². The number of benzene rings is 2. The quantitative estimate of drug-likeness (QED) is 0.522. The summed E-state index contributed by atoms with van der Waals surface area (Å²) in [5, 5.41) is 2.81. The Morgan fingerprint density at radius 3 is 2.42 bits per heavy atom. The van der Waals surface area contributed by atoms with Crippen molar-refractivity contribution in [3.63, 3.8) is 0 Å². The van der Waals surface area contributed by atoms with Crippen LogP contribution < -0.4 is 10.2 Å². The topological polar surface area (TPSA) is 65.8 Å². The van der Waals surface area contributed by atoms with Crippen LogP contribution in [0, 0.1) is 5.82 Å². The fourth-order valence-corrected chi connectivity index (χ4v) is 3.98. The number of amides is 2. The Balaban J connectivity index is 1.35. The Morgan fingerprint density at radius 2 is 1.76 bits per heavy atom. The summed E-state index contributed by atoms with van der Waals surface area (Å²) in [6, 6.07) is 15.0. The van der Waals surface area contributed by atoms with E-state index in [2.05, 4.69) is 10.2 Å². The average Bonchev–Trinajstić information content (AvgIpc) is 3.32. The predicted molar refractivity (Wildman–Crippen MR) is 127 cm³/mol. The minimum Gasteiger partial charge on any atom is -0.451 e. The Kier molecular flexibility index (Phi) is 6.99. The highest BCUT2D eigenvalue weighted by Gasteiger charge is 2.21. The lowest BCUT2D eigenvalue weighted by molar-refractivity contribution is -0.131. The molecule has 0 spiro atoms. The molecule has 3 aromatic rings. The molecule has 0 aliphatic carbocycles. The molecule has 1 aliphatic rings. The van der Waals surface area contributed by atoms with Gasteiger partial charge in [0.1, 0.15) is 11.6 Å². The lowest BCUT2D eigenvalue weighted by Crippen LogP contribution is -2.48. The van der Waals surface area contributed by atoms with Crippen molar-refractivity contribution < 1.29 is 18.4 Å². The summed E-state index contributed by atoms with van der Waals surface area (Å²) in [4.78, 5) is 28.8. The van der Waals surface area contributed by atoms with Gasteiger partial charge in [-0.25, -0.2) is 4.39 Å². The molecule has 2 amide bonds. The smallest absolute Gasteiger partial charge is 0.291 e. The number of nitrogens with one attached hydrogen (secondary N) is 1. The number of piperazine rings is 1. The van der Waals surface area contributed by atoms with Gasteiger partial charge in [-0.3, -0.25) is 9.59 Å². The third-order valence-corrected chi connectivity index (χ3v) is 5.91. The van der Waals surface area contributed by atoms with Gasteiger partial charge in [-0.2, -0.15) is 0 Å². The van der Waals surface area contributed by atoms with Crippen molar-refractivity contribution in [2.24, 2.45) is 0 Å². The molecule has 4 rings (SSSR count). The van der Waals surface area contributed by atoms with Gasteiger partial charge < -0.3 is 19.5 Å². The zero-order valence-electron chi connectivity index (χ0n) is 18.3. The summed E-state index contributed by atoms with van der Waals surface area (Å²) >= 11 is 5.83. The molecule has 1 saturated heterocycles. The fraction of sp³-hybridized carbons (Fsp3) is 0.280. The van der Waals surface area contributed by atoms with Gasteiger partial charge in [-0.1, -0.05) is 18.5 Å². The van der Waals surface area contributed by atoms with Crippen LogP contribution in [0.15, 0.2) is 59.0 Å². The van der Waals surface area contributed by atoms with Gasteiger partial charge in [0, 0.05) is 49.5 Å². The summed E-state index contributed by atoms with van der Waals surface area (Å²) in [6.07, 6.45) is 1.47. The SMILES string of the molecule is CCCC(=O)N1CCN(c2ccc(NC(=O)c3ccc(-c4ccc(F)c(Cl)c4)o3)cc2)CC1. The fourth-order valence-electron chi connectivity index (χ4n) is 3.80. The number of rotatable bonds is 6. The summed E-state index contributed by atoms with van der Waals surface area (Å²) in [6.45, 7) is 5.02. The van der Waals surface area contributed by atoms with Gasteiger partial charge in [-0.05, 0) is 61.0 Å². The Hall–Kier alpha value is -3.32. The van der Waals surface area contributed by atoms with Crippen LogP contribution in [0.25, 0.3) is 11.3 Å². The van der Waals surface area contributed by atoms with Crippen LogP contribution in [0.3, 0.4) is 0 Å². The summed E-state index contributed by atoms with van der Waals surface area (Å²) in [5.41, 5.74) is 2.27. The van der Waals surface area contributed by atoms with Gasteiger partial charge >= 0.3 is 0 Å². The second kappa shape index (κ2) is 10.1. The van der Waals surface area contributed by atoms with Crippen LogP contribution in [0.5, 0.6) is 0 Å². The van der Waals surface area contributed by atoms with Crippen LogP contribution in [0.1, 0.15) is 30.3 Å². The first-order valence-corrected chi connectivity index (χ1v) is 11.3. The third-order valence-electron chi connectivity index (χ3n) is 5.62. The third kappa shape index (κ3) is 5.37. The molecule has 6 nitrogen and oxygen atoms in total. The van der Waals surface area contributed by atoms with Gasteiger partial charge in [-0.15, -0.1) is 0 Å². The number of halogens is 2. The van der Waals surface area contributed by atoms with E-state index in [1.165, 1.54) is 12.1 Å². The van der Waals surface area contributed by atoms with Crippen LogP contribution >= 0.6 is 11.6 Å². The van der Waals surface area contributed by atoms with Crippen molar-refractivity contribution in [3.8, 4) is 11.3 Å². The number of nitrogens with zero attached hydrogens (tertiary/aromatic N) is 2. The number of furan rings is 1. The Morgan fingerprint density at radius 1 is 1.03 bits per heavy atom. The van der Waals surface area contributed by atoms with Crippen molar-refractivity contribution in [1.82, 2.24) is 4.90 Å². The maximum Gasteiger partial charge on any atom is 0.291 e. The number of hydrogen-bond acceptors (Lipinski definition) is 4. The van der Waals surface area contributed by atoms with E-state index >= 15 is 0 Å². The second-order valence-corrected chi connectivity index (χ2v) is 8.32. The number of carbonyl (C=O) groups is 2. The summed E-state index contributed by atoms with van der Waals surface area (Å²) in [5.74, 6) is -0.110. The van der Waals surface area contributed by atoms with Crippen LogP contribution in [0.2, 0.25) is 5.02 Å². The first-order chi connectivity index (χ1) is 15.9. The minimum atomic E-state index is -0.514. The van der Waals surface area contributed by atoms with Crippen molar-refractivity contribution in [2.75, 3.05) is 36.4 Å². The highest BCUT2D eigenvalue weighted by molar-refractivity contribution is 6.31.